The van der Waals surface area contributed by atoms with Crippen molar-refractivity contribution in [1.29, 1.82) is 0 Å². The molecule has 12 heteroatoms. The maximum absolute atomic E-state index is 12.1. The number of halogens is 6. The van der Waals surface area contributed by atoms with Gasteiger partial charge in [-0.05, 0) is 164 Å². The Bertz CT molecular complexity index is 2070. The first-order valence-electron chi connectivity index (χ1n) is 26.2. The lowest BCUT2D eigenvalue weighted by Gasteiger charge is -2.04. The van der Waals surface area contributed by atoms with E-state index in [2.05, 4.69) is 121 Å². The van der Waals surface area contributed by atoms with E-state index in [4.69, 9.17) is 11.6 Å². The van der Waals surface area contributed by atoms with Crippen molar-refractivity contribution in [3.8, 4) is 0 Å². The molecule has 6 saturated carbocycles. The van der Waals surface area contributed by atoms with E-state index < -0.39 is 28.6 Å². The van der Waals surface area contributed by atoms with Crippen LogP contribution in [0.2, 0.25) is 0 Å². The summed E-state index contributed by atoms with van der Waals surface area (Å²) >= 11 is 5.11. The molecular weight excluding hydrogens is 971 g/mol. The normalized spacial score (nSPS) is 31.4. The second-order valence-electron chi connectivity index (χ2n) is 26.3. The van der Waals surface area contributed by atoms with Gasteiger partial charge in [0.15, 0.2) is 0 Å². The maximum Gasteiger partial charge on any atom is 0.426 e. The number of Topliss-reactive ketones (excluding diaryl/α,β-unsaturated/α-hetero) is 6. The zero-order valence-corrected chi connectivity index (χ0v) is 50.4. The summed E-state index contributed by atoms with van der Waals surface area (Å²) in [5, 5.41) is -1.13. The number of carbonyl (C=O) groups is 6. The van der Waals surface area contributed by atoms with Crippen LogP contribution in [0.1, 0.15) is 173 Å². The van der Waals surface area contributed by atoms with E-state index in [1.165, 1.54) is 30.6 Å². The number of hydrogen-bond acceptors (Lipinski definition) is 6. The molecule has 6 nitrogen and oxygen atoms in total. The van der Waals surface area contributed by atoms with Crippen LogP contribution in [0.3, 0.4) is 0 Å². The molecule has 0 bridgehead atoms. The van der Waals surface area contributed by atoms with Gasteiger partial charge in [-0.1, -0.05) is 148 Å². The summed E-state index contributed by atoms with van der Waals surface area (Å²) in [7, 11) is 0. The molecule has 12 atom stereocenters. The lowest BCUT2D eigenvalue weighted by molar-refractivity contribution is -0.119. The van der Waals surface area contributed by atoms with Crippen LogP contribution in [0, 0.1) is 104 Å². The van der Waals surface area contributed by atoms with Crippen LogP contribution in [0.4, 0.5) is 22.0 Å². The lowest BCUT2D eigenvalue weighted by Crippen LogP contribution is -2.07. The molecule has 6 aliphatic rings. The second kappa shape index (κ2) is 24.8. The van der Waals surface area contributed by atoms with Gasteiger partial charge in [-0.3, -0.25) is 28.8 Å². The average molecular weight is 1070 g/mol. The summed E-state index contributed by atoms with van der Waals surface area (Å²) in [6, 6.07) is 0. The van der Waals surface area contributed by atoms with E-state index in [1.54, 1.807) is 41.5 Å². The maximum atomic E-state index is 12.1. The molecule has 0 heterocycles. The Balaban J connectivity index is 0.000000445. The first-order chi connectivity index (χ1) is 33.1. The highest BCUT2D eigenvalue weighted by molar-refractivity contribution is 6.30. The number of ketones is 6. The highest BCUT2D eigenvalue weighted by Gasteiger charge is 2.62. The van der Waals surface area contributed by atoms with E-state index >= 15 is 0 Å². The predicted molar refractivity (Wildman–Crippen MR) is 292 cm³/mol. The third kappa shape index (κ3) is 17.5. The van der Waals surface area contributed by atoms with Crippen LogP contribution in [0.5, 0.6) is 0 Å². The van der Waals surface area contributed by atoms with Crippen molar-refractivity contribution in [2.75, 3.05) is 0 Å². The van der Waals surface area contributed by atoms with E-state index in [0.29, 0.717) is 46.8 Å². The molecule has 420 valence electrons. The molecule has 0 radical (unpaired) electrons. The second-order valence-corrected chi connectivity index (χ2v) is 26.7. The van der Waals surface area contributed by atoms with Gasteiger partial charge in [0, 0.05) is 35.5 Å². The van der Waals surface area contributed by atoms with E-state index in [-0.39, 0.29) is 80.1 Å². The van der Waals surface area contributed by atoms with Gasteiger partial charge in [0.1, 0.15) is 39.7 Å². The summed E-state index contributed by atoms with van der Waals surface area (Å²) < 4.78 is 60.1. The Morgan fingerprint density at radius 3 is 0.703 bits per heavy atom. The number of hydrogen-bond donors (Lipinski definition) is 0. The molecule has 74 heavy (non-hydrogen) atoms. The summed E-state index contributed by atoms with van der Waals surface area (Å²) in [6.07, 6.45) is 6.52. The minimum atomic E-state index is -4.51. The van der Waals surface area contributed by atoms with Crippen molar-refractivity contribution in [1.82, 2.24) is 0 Å². The summed E-state index contributed by atoms with van der Waals surface area (Å²) in [6.45, 7) is 48.7. The van der Waals surface area contributed by atoms with Gasteiger partial charge in [0.2, 0.25) is 0 Å². The molecule has 0 amide bonds. The summed E-state index contributed by atoms with van der Waals surface area (Å²) in [5.41, 5.74) is 4.13. The third-order valence-corrected chi connectivity index (χ3v) is 17.3. The molecule has 0 aromatic heterocycles. The fraction of sp³-hybridized carbons (Fsp3) is 0.710. The lowest BCUT2D eigenvalue weighted by atomic mass is 10.1. The molecule has 0 aromatic rings. The van der Waals surface area contributed by atoms with Crippen LogP contribution in [0.15, 0.2) is 70.4 Å². The van der Waals surface area contributed by atoms with Crippen LogP contribution < -0.4 is 0 Å². The van der Waals surface area contributed by atoms with Gasteiger partial charge in [-0.2, -0.15) is 22.0 Å². The Morgan fingerprint density at radius 2 is 0.554 bits per heavy atom. The zero-order valence-electron chi connectivity index (χ0n) is 49.7. The van der Waals surface area contributed by atoms with Crippen molar-refractivity contribution >= 4 is 46.3 Å². The predicted octanol–water partition coefficient (Wildman–Crippen LogP) is 17.0. The molecule has 0 aromatic carbocycles. The topological polar surface area (TPSA) is 102 Å². The summed E-state index contributed by atoms with van der Waals surface area (Å²) in [5.74, 6) is 3.08. The summed E-state index contributed by atoms with van der Waals surface area (Å²) in [4.78, 5) is 66.7. The van der Waals surface area contributed by atoms with Crippen molar-refractivity contribution in [3.05, 3.63) is 70.4 Å². The highest BCUT2D eigenvalue weighted by atomic mass is 35.5. The Labute approximate surface area is 448 Å². The van der Waals surface area contributed by atoms with Crippen LogP contribution >= 0.6 is 11.6 Å². The van der Waals surface area contributed by atoms with E-state index in [0.717, 1.165) is 12.2 Å². The van der Waals surface area contributed by atoms with Crippen LogP contribution in [0.25, 0.3) is 0 Å². The Hall–Kier alpha value is -3.60. The minimum Gasteiger partial charge on any atom is -0.300 e. The first kappa shape index (κ1) is 68.4. The molecule has 6 rings (SSSR count). The fourth-order valence-electron chi connectivity index (χ4n) is 12.3. The molecule has 6 aliphatic carbocycles. The van der Waals surface area contributed by atoms with Gasteiger partial charge in [0.25, 0.3) is 6.08 Å². The van der Waals surface area contributed by atoms with Gasteiger partial charge < -0.3 is 0 Å². The largest absolute Gasteiger partial charge is 0.426 e. The monoisotopic (exact) mass is 1060 g/mol. The molecular formula is C62H94ClF5O6. The molecule has 8 unspecified atom stereocenters. The van der Waals surface area contributed by atoms with Crippen molar-refractivity contribution < 1.29 is 50.7 Å². The number of rotatable bonds is 12. The SMILES string of the molecule is C/C=C/C1C(C(C)=O)C1(C)C.CC(=O)C1C(/C=C(\Cl)C(F)(F)F)C1(C)C.CC(=O)C1C(C=C(C)C)C1(C)C.CC(=O)C1C(C=C(F)F)C1(C)C.CC(=O)[C@H]1[C@@H](C=C(C)C)C1(C)C.CC(=O)[C@H]1[C@H](C=C(C)C)C1(C)C. The molecule has 0 saturated heterocycles. The molecule has 0 spiro atoms. The first-order valence-corrected chi connectivity index (χ1v) is 26.5. The van der Waals surface area contributed by atoms with Gasteiger partial charge >= 0.3 is 6.18 Å². The molecule has 0 aliphatic heterocycles. The minimum absolute atomic E-state index is 0.00231. The molecule has 0 N–H and O–H groups in total. The highest BCUT2D eigenvalue weighted by Crippen LogP contribution is 2.63. The Morgan fingerprint density at radius 1 is 0.365 bits per heavy atom. The Kier molecular flexibility index (Phi) is 22.9. The van der Waals surface area contributed by atoms with E-state index in [1.807, 2.05) is 26.8 Å². The smallest absolute Gasteiger partial charge is 0.300 e. The fourth-order valence-corrected chi connectivity index (χ4v) is 12.4. The van der Waals surface area contributed by atoms with Crippen LogP contribution in [-0.4, -0.2) is 40.9 Å². The third-order valence-electron chi connectivity index (χ3n) is 16.9. The van der Waals surface area contributed by atoms with Gasteiger partial charge in [0.05, 0.1) is 0 Å². The number of alkyl halides is 3. The van der Waals surface area contributed by atoms with Gasteiger partial charge in [-0.15, -0.1) is 0 Å². The average Bonchev–Trinajstić information content (AvgIpc) is 4.14. The zero-order chi connectivity index (χ0) is 58.7. The van der Waals surface area contributed by atoms with Gasteiger partial charge in [-0.25, -0.2) is 0 Å². The van der Waals surface area contributed by atoms with E-state index in [9.17, 15) is 50.7 Å². The standard InChI is InChI=1S/3C11H18O.C10H12ClF3O.C10H16O.C9H12F2O/c3*1-7(2)6-9-10(8(3)12)11(9,4)5;1-5(15)8-6(9(8,2)3)4-7(11)10(12,13)14;1-5-6-8-9(7(2)11)10(8,3)4;1-5(12)8-6(4-7(10)11)9(8,2)3/h3*6,9-10H,1-5H3;4,6,8H,1-3H3;5-6,8-9H,1-4H3;4,6,8H,1-3H3/b;;;7-4-;6-5+;/t9-,10+;9-,10-;;;;/m10..../s1. The quantitative estimate of drug-likeness (QED) is 0.142. The number of carbonyl (C=O) groups excluding carboxylic acids is 6. The van der Waals surface area contributed by atoms with Crippen molar-refractivity contribution in [2.24, 2.45) is 104 Å². The molecule has 6 fully saturated rings. The van der Waals surface area contributed by atoms with Crippen LogP contribution in [-0.2, 0) is 28.8 Å². The van der Waals surface area contributed by atoms with Crippen molar-refractivity contribution in [2.45, 2.75) is 179 Å². The van der Waals surface area contributed by atoms with Crippen molar-refractivity contribution in [3.63, 3.8) is 0 Å². The number of allylic oxidation sites excluding steroid dienone is 11.